The van der Waals surface area contributed by atoms with Crippen LogP contribution < -0.4 is 10.6 Å². The molecule has 0 saturated heterocycles. The first kappa shape index (κ1) is 28.4. The molecule has 0 fully saturated rings. The number of rotatable bonds is 11. The molecule has 0 aromatic heterocycles. The van der Waals surface area contributed by atoms with E-state index in [9.17, 15) is 14.4 Å². The summed E-state index contributed by atoms with van der Waals surface area (Å²) < 4.78 is 5.34. The molecular weight excluding hydrogens is 438 g/mol. The maximum atomic E-state index is 13.5. The van der Waals surface area contributed by atoms with Gasteiger partial charge >= 0.3 is 6.09 Å². The summed E-state index contributed by atoms with van der Waals surface area (Å²) in [5, 5.41) is 5.58. The molecule has 0 aliphatic rings. The minimum absolute atomic E-state index is 0.317. The number of amides is 3. The molecule has 0 spiro atoms. The van der Waals surface area contributed by atoms with Crippen molar-refractivity contribution in [3.63, 3.8) is 0 Å². The smallest absolute Gasteiger partial charge is 0.408 e. The molecule has 1 rings (SSSR count). The molecule has 0 aliphatic carbocycles. The van der Waals surface area contributed by atoms with Crippen molar-refractivity contribution >= 4 is 29.7 Å². The largest absolute Gasteiger partial charge is 0.444 e. The Morgan fingerprint density at radius 1 is 1.24 bits per heavy atom. The van der Waals surface area contributed by atoms with Crippen LogP contribution in [0.4, 0.5) is 4.79 Å². The Morgan fingerprint density at radius 2 is 1.91 bits per heavy atom. The molecule has 3 amide bonds. The van der Waals surface area contributed by atoms with Gasteiger partial charge < -0.3 is 20.3 Å². The van der Waals surface area contributed by atoms with E-state index in [0.717, 1.165) is 12.8 Å². The number of benzene rings is 1. The van der Waals surface area contributed by atoms with Crippen LogP contribution in [0.5, 0.6) is 0 Å². The second-order valence-corrected chi connectivity index (χ2v) is 9.69. The van der Waals surface area contributed by atoms with E-state index in [0.29, 0.717) is 29.8 Å². The van der Waals surface area contributed by atoms with Gasteiger partial charge in [-0.15, -0.1) is 6.42 Å². The van der Waals surface area contributed by atoms with Gasteiger partial charge in [0.1, 0.15) is 17.7 Å². The number of hydrogen-bond acceptors (Lipinski definition) is 5. The summed E-state index contributed by atoms with van der Waals surface area (Å²) in [7, 11) is 1.56. The zero-order valence-corrected chi connectivity index (χ0v) is 21.4. The van der Waals surface area contributed by atoms with Crippen molar-refractivity contribution in [1.29, 1.82) is 0 Å². The molecular formula is C25H37N3O4S. The van der Waals surface area contributed by atoms with Gasteiger partial charge in [0, 0.05) is 19.2 Å². The number of carbonyl (C=O) groups excluding carboxylic acids is 3. The minimum atomic E-state index is -0.932. The van der Waals surface area contributed by atoms with Gasteiger partial charge in [0.05, 0.1) is 0 Å². The zero-order valence-electron chi connectivity index (χ0n) is 20.6. The fraction of sp³-hybridized carbons (Fsp3) is 0.560. The Kier molecular flexibility index (Phi) is 11.9. The standard InChI is InChI=1S/C25H37N3O4S/c1-8-10-16-26-22(29)21(19-14-12-11-13-18(19)9-2)28(6)23(30)20(15-17-33-7)27-24(31)32-25(3,4)5/h2,11-14,20-21H,8,10,15-17H2,1,3-7H3,(H,26,29)(H,27,31). The van der Waals surface area contributed by atoms with Crippen LogP contribution in [0.1, 0.15) is 64.1 Å². The summed E-state index contributed by atoms with van der Waals surface area (Å²) in [5.41, 5.74) is 0.399. The lowest BCUT2D eigenvalue weighted by Crippen LogP contribution is -2.52. The van der Waals surface area contributed by atoms with Gasteiger partial charge in [-0.2, -0.15) is 11.8 Å². The van der Waals surface area contributed by atoms with Crippen LogP contribution in [0, 0.1) is 12.3 Å². The molecule has 7 nitrogen and oxygen atoms in total. The van der Waals surface area contributed by atoms with Gasteiger partial charge in [0.25, 0.3) is 0 Å². The molecule has 0 saturated carbocycles. The predicted molar refractivity (Wildman–Crippen MR) is 134 cm³/mol. The summed E-state index contributed by atoms with van der Waals surface area (Å²) in [6.07, 6.45) is 9.06. The van der Waals surface area contributed by atoms with Crippen molar-refractivity contribution in [2.24, 2.45) is 0 Å². The number of nitrogens with zero attached hydrogens (tertiary/aromatic N) is 1. The number of likely N-dealkylation sites (N-methyl/N-ethyl adjacent to an activating group) is 1. The van der Waals surface area contributed by atoms with E-state index >= 15 is 0 Å². The summed E-state index contributed by atoms with van der Waals surface area (Å²) in [5.74, 6) is 2.54. The van der Waals surface area contributed by atoms with Gasteiger partial charge in [0.15, 0.2) is 0 Å². The Balaban J connectivity index is 3.25. The lowest BCUT2D eigenvalue weighted by atomic mass is 9.98. The Morgan fingerprint density at radius 3 is 2.48 bits per heavy atom. The number of nitrogens with one attached hydrogen (secondary N) is 2. The lowest BCUT2D eigenvalue weighted by molar-refractivity contribution is -0.140. The van der Waals surface area contributed by atoms with Crippen LogP contribution in [0.3, 0.4) is 0 Å². The first-order chi connectivity index (χ1) is 15.6. The number of alkyl carbamates (subject to hydrolysis) is 1. The molecule has 8 heteroatoms. The Hall–Kier alpha value is -2.66. The maximum absolute atomic E-state index is 13.5. The Bertz CT molecular complexity index is 845. The third kappa shape index (κ3) is 9.39. The third-order valence-electron chi connectivity index (χ3n) is 4.82. The molecule has 0 aliphatic heterocycles. The monoisotopic (exact) mass is 475 g/mol. The van der Waals surface area contributed by atoms with Crippen molar-refractivity contribution in [1.82, 2.24) is 15.5 Å². The molecule has 182 valence electrons. The number of unbranched alkanes of at least 4 members (excludes halogenated alkanes) is 1. The molecule has 0 radical (unpaired) electrons. The van der Waals surface area contributed by atoms with E-state index in [1.54, 1.807) is 63.8 Å². The summed E-state index contributed by atoms with van der Waals surface area (Å²) in [6, 6.07) is 5.29. The Labute approximate surface area is 202 Å². The molecule has 2 atom stereocenters. The molecule has 33 heavy (non-hydrogen) atoms. The molecule has 1 aromatic carbocycles. The lowest BCUT2D eigenvalue weighted by Gasteiger charge is -2.32. The second kappa shape index (κ2) is 13.8. The first-order valence-electron chi connectivity index (χ1n) is 11.1. The fourth-order valence-electron chi connectivity index (χ4n) is 3.19. The van der Waals surface area contributed by atoms with Gasteiger partial charge in [-0.25, -0.2) is 4.79 Å². The van der Waals surface area contributed by atoms with Gasteiger partial charge in [-0.3, -0.25) is 9.59 Å². The zero-order chi connectivity index (χ0) is 25.0. The first-order valence-corrected chi connectivity index (χ1v) is 12.5. The molecule has 0 bridgehead atoms. The van der Waals surface area contributed by atoms with Crippen LogP contribution in [-0.2, 0) is 14.3 Å². The number of thioether (sulfide) groups is 1. The average Bonchev–Trinajstić information content (AvgIpc) is 2.75. The van der Waals surface area contributed by atoms with Crippen LogP contribution in [-0.4, -0.2) is 60.1 Å². The maximum Gasteiger partial charge on any atom is 0.408 e. The molecule has 0 heterocycles. The molecule has 2 unspecified atom stereocenters. The van der Waals surface area contributed by atoms with Gasteiger partial charge in [0.2, 0.25) is 11.8 Å². The van der Waals surface area contributed by atoms with Crippen LogP contribution in [0.15, 0.2) is 24.3 Å². The van der Waals surface area contributed by atoms with E-state index in [1.807, 2.05) is 13.2 Å². The van der Waals surface area contributed by atoms with Crippen LogP contribution in [0.2, 0.25) is 0 Å². The van der Waals surface area contributed by atoms with Crippen molar-refractivity contribution in [2.75, 3.05) is 25.6 Å². The fourth-order valence-corrected chi connectivity index (χ4v) is 3.67. The highest BCUT2D eigenvalue weighted by molar-refractivity contribution is 7.98. The quantitative estimate of drug-likeness (QED) is 0.376. The average molecular weight is 476 g/mol. The van der Waals surface area contributed by atoms with Crippen LogP contribution >= 0.6 is 11.8 Å². The third-order valence-corrected chi connectivity index (χ3v) is 5.47. The van der Waals surface area contributed by atoms with Gasteiger partial charge in [-0.05, 0) is 57.3 Å². The summed E-state index contributed by atoms with van der Waals surface area (Å²) >= 11 is 1.56. The van der Waals surface area contributed by atoms with E-state index in [2.05, 4.69) is 16.6 Å². The second-order valence-electron chi connectivity index (χ2n) is 8.71. The van der Waals surface area contributed by atoms with E-state index < -0.39 is 29.7 Å². The molecule has 2 N–H and O–H groups in total. The van der Waals surface area contributed by atoms with Crippen molar-refractivity contribution < 1.29 is 19.1 Å². The van der Waals surface area contributed by atoms with E-state index in [-0.39, 0.29) is 5.91 Å². The number of carbonyl (C=O) groups is 3. The van der Waals surface area contributed by atoms with Crippen molar-refractivity contribution in [3.8, 4) is 12.3 Å². The topological polar surface area (TPSA) is 87.7 Å². The summed E-state index contributed by atoms with van der Waals surface area (Å²) in [4.78, 5) is 40.5. The molecule has 1 aromatic rings. The van der Waals surface area contributed by atoms with Gasteiger partial charge in [-0.1, -0.05) is 37.5 Å². The van der Waals surface area contributed by atoms with Crippen molar-refractivity contribution in [2.45, 2.75) is 64.6 Å². The highest BCUT2D eigenvalue weighted by Crippen LogP contribution is 2.25. The van der Waals surface area contributed by atoms with E-state index in [1.165, 1.54) is 4.90 Å². The number of ether oxygens (including phenoxy) is 1. The highest BCUT2D eigenvalue weighted by atomic mass is 32.2. The number of terminal acetylenes is 1. The normalized spacial score (nSPS) is 12.8. The van der Waals surface area contributed by atoms with E-state index in [4.69, 9.17) is 11.2 Å². The minimum Gasteiger partial charge on any atom is -0.444 e. The number of hydrogen-bond donors (Lipinski definition) is 2. The highest BCUT2D eigenvalue weighted by Gasteiger charge is 2.34. The summed E-state index contributed by atoms with van der Waals surface area (Å²) in [6.45, 7) is 7.80. The van der Waals surface area contributed by atoms with Crippen molar-refractivity contribution in [3.05, 3.63) is 35.4 Å². The van der Waals surface area contributed by atoms with Crippen LogP contribution in [0.25, 0.3) is 0 Å². The SMILES string of the molecule is C#Cc1ccccc1C(C(=O)NCCCC)N(C)C(=O)C(CCSC)NC(=O)OC(C)(C)C. The predicted octanol–water partition coefficient (Wildman–Crippen LogP) is 3.73.